The van der Waals surface area contributed by atoms with Crippen LogP contribution in [0.15, 0.2) is 67.1 Å². The lowest BCUT2D eigenvalue weighted by Crippen LogP contribution is -2.13. The molecular formula is C29H22FN7O. The van der Waals surface area contributed by atoms with Crippen molar-refractivity contribution >= 4 is 33.7 Å². The number of carbonyl (C=O) groups excluding carboxylic acids is 1. The molecule has 6 aromatic rings. The van der Waals surface area contributed by atoms with Crippen LogP contribution >= 0.6 is 0 Å². The van der Waals surface area contributed by atoms with Gasteiger partial charge in [0.15, 0.2) is 11.5 Å². The molecule has 8 nitrogen and oxygen atoms in total. The summed E-state index contributed by atoms with van der Waals surface area (Å²) < 4.78 is 14.1. The summed E-state index contributed by atoms with van der Waals surface area (Å²) in [5, 5.41) is 11.4. The van der Waals surface area contributed by atoms with E-state index in [1.165, 1.54) is 12.1 Å². The number of imidazole rings is 1. The monoisotopic (exact) mass is 503 g/mol. The van der Waals surface area contributed by atoms with Crippen LogP contribution in [-0.2, 0) is 4.79 Å². The molecule has 0 atom stereocenters. The Kier molecular flexibility index (Phi) is 5.04. The molecule has 38 heavy (non-hydrogen) atoms. The van der Waals surface area contributed by atoms with Gasteiger partial charge in [0, 0.05) is 34.8 Å². The fourth-order valence-electron chi connectivity index (χ4n) is 4.79. The minimum absolute atomic E-state index is 0.0442. The van der Waals surface area contributed by atoms with Crippen LogP contribution in [0.1, 0.15) is 18.4 Å². The number of rotatable bonds is 5. The van der Waals surface area contributed by atoms with Gasteiger partial charge < -0.3 is 10.3 Å². The van der Waals surface area contributed by atoms with E-state index in [4.69, 9.17) is 4.98 Å². The third kappa shape index (κ3) is 3.98. The van der Waals surface area contributed by atoms with Crippen molar-refractivity contribution in [2.24, 2.45) is 5.92 Å². The molecule has 2 aromatic carbocycles. The third-order valence-corrected chi connectivity index (χ3v) is 6.82. The van der Waals surface area contributed by atoms with E-state index >= 15 is 0 Å². The highest BCUT2D eigenvalue weighted by molar-refractivity contribution is 5.98. The van der Waals surface area contributed by atoms with Gasteiger partial charge in [-0.1, -0.05) is 12.1 Å². The summed E-state index contributed by atoms with van der Waals surface area (Å²) in [6, 6.07) is 14.7. The van der Waals surface area contributed by atoms with Crippen molar-refractivity contribution in [3.63, 3.8) is 0 Å². The topological polar surface area (TPSA) is 112 Å². The predicted octanol–water partition coefficient (Wildman–Crippen LogP) is 6.03. The second-order valence-electron chi connectivity index (χ2n) is 9.72. The Morgan fingerprint density at radius 2 is 1.92 bits per heavy atom. The molecule has 1 saturated carbocycles. The molecule has 1 aliphatic rings. The van der Waals surface area contributed by atoms with Gasteiger partial charge in [-0.3, -0.25) is 14.9 Å². The van der Waals surface area contributed by atoms with E-state index in [-0.39, 0.29) is 17.6 Å². The van der Waals surface area contributed by atoms with Crippen LogP contribution in [0.25, 0.3) is 55.8 Å². The highest BCUT2D eigenvalue weighted by Crippen LogP contribution is 2.34. The normalized spacial score (nSPS) is 13.3. The molecule has 0 saturated heterocycles. The number of aromatic nitrogens is 6. The van der Waals surface area contributed by atoms with Gasteiger partial charge >= 0.3 is 0 Å². The Morgan fingerprint density at radius 3 is 2.76 bits per heavy atom. The molecule has 4 heterocycles. The van der Waals surface area contributed by atoms with Crippen LogP contribution in [0.3, 0.4) is 0 Å². The lowest BCUT2D eigenvalue weighted by Gasteiger charge is -2.07. The van der Waals surface area contributed by atoms with Crippen molar-refractivity contribution in [2.45, 2.75) is 19.8 Å². The Morgan fingerprint density at radius 1 is 1.03 bits per heavy atom. The van der Waals surface area contributed by atoms with Crippen molar-refractivity contribution in [1.29, 1.82) is 0 Å². The van der Waals surface area contributed by atoms with E-state index in [1.807, 2.05) is 43.3 Å². The average molecular weight is 504 g/mol. The van der Waals surface area contributed by atoms with Gasteiger partial charge in [-0.25, -0.2) is 14.4 Å². The minimum atomic E-state index is -0.291. The zero-order valence-corrected chi connectivity index (χ0v) is 20.4. The molecule has 186 valence electrons. The number of anilines is 1. The third-order valence-electron chi connectivity index (χ3n) is 6.82. The minimum Gasteiger partial charge on any atom is -0.335 e. The van der Waals surface area contributed by atoms with Gasteiger partial charge in [0.25, 0.3) is 0 Å². The van der Waals surface area contributed by atoms with Crippen molar-refractivity contribution in [1.82, 2.24) is 30.1 Å². The maximum Gasteiger partial charge on any atom is 0.227 e. The average Bonchev–Trinajstić information content (AvgIpc) is 3.54. The summed E-state index contributed by atoms with van der Waals surface area (Å²) in [6.07, 6.45) is 6.99. The summed E-state index contributed by atoms with van der Waals surface area (Å²) in [5.41, 5.74) is 7.61. The number of benzene rings is 2. The molecule has 0 spiro atoms. The second-order valence-corrected chi connectivity index (χ2v) is 9.72. The summed E-state index contributed by atoms with van der Waals surface area (Å²) in [6.45, 7) is 1.86. The maximum absolute atomic E-state index is 14.1. The van der Waals surface area contributed by atoms with Crippen LogP contribution in [0.5, 0.6) is 0 Å². The molecular weight excluding hydrogens is 481 g/mol. The van der Waals surface area contributed by atoms with Gasteiger partial charge in [0.2, 0.25) is 5.91 Å². The number of nitrogens with one attached hydrogen (secondary N) is 3. The number of hydrogen-bond donors (Lipinski definition) is 3. The Labute approximate surface area is 216 Å². The van der Waals surface area contributed by atoms with Crippen LogP contribution < -0.4 is 5.32 Å². The van der Waals surface area contributed by atoms with E-state index in [9.17, 15) is 9.18 Å². The van der Waals surface area contributed by atoms with Crippen LogP contribution in [0.4, 0.5) is 10.1 Å². The highest BCUT2D eigenvalue weighted by atomic mass is 19.1. The summed E-state index contributed by atoms with van der Waals surface area (Å²) >= 11 is 0. The second kappa shape index (κ2) is 8.58. The number of fused-ring (bicyclic) bond motifs is 2. The first-order chi connectivity index (χ1) is 18.5. The van der Waals surface area contributed by atoms with Gasteiger partial charge in [-0.15, -0.1) is 0 Å². The number of hydrogen-bond acceptors (Lipinski definition) is 5. The highest BCUT2D eigenvalue weighted by Gasteiger charge is 2.29. The zero-order valence-electron chi connectivity index (χ0n) is 20.4. The number of amides is 1. The number of nitrogens with zero attached hydrogens (tertiary/aromatic N) is 4. The molecule has 1 fully saturated rings. The quantitative estimate of drug-likeness (QED) is 0.266. The number of H-pyrrole nitrogens is 2. The van der Waals surface area contributed by atoms with Crippen LogP contribution in [0, 0.1) is 18.7 Å². The summed E-state index contributed by atoms with van der Waals surface area (Å²) in [5.74, 6) is 0.427. The smallest absolute Gasteiger partial charge is 0.227 e. The lowest BCUT2D eigenvalue weighted by atomic mass is 10.0. The largest absolute Gasteiger partial charge is 0.335 e. The number of carbonyl (C=O) groups is 1. The van der Waals surface area contributed by atoms with Crippen molar-refractivity contribution in [2.75, 3.05) is 5.32 Å². The van der Waals surface area contributed by atoms with E-state index < -0.39 is 0 Å². The first-order valence-corrected chi connectivity index (χ1v) is 12.4. The molecule has 1 amide bonds. The van der Waals surface area contributed by atoms with E-state index in [0.29, 0.717) is 28.4 Å². The predicted molar refractivity (Wildman–Crippen MR) is 144 cm³/mol. The summed E-state index contributed by atoms with van der Waals surface area (Å²) in [4.78, 5) is 29.0. The van der Waals surface area contributed by atoms with E-state index in [2.05, 4.69) is 30.5 Å². The fraction of sp³-hybridized carbons (Fsp3) is 0.138. The molecule has 0 bridgehead atoms. The number of halogens is 1. The first-order valence-electron chi connectivity index (χ1n) is 12.4. The van der Waals surface area contributed by atoms with Gasteiger partial charge in [0.05, 0.1) is 22.9 Å². The number of aryl methyl sites for hydroxylation is 1. The molecule has 3 N–H and O–H groups in total. The Balaban J connectivity index is 1.29. The van der Waals surface area contributed by atoms with Crippen LogP contribution in [0.2, 0.25) is 0 Å². The van der Waals surface area contributed by atoms with Gasteiger partial charge in [-0.05, 0) is 72.9 Å². The van der Waals surface area contributed by atoms with Crippen molar-refractivity contribution < 1.29 is 9.18 Å². The molecule has 1 aliphatic carbocycles. The molecule has 7 rings (SSSR count). The van der Waals surface area contributed by atoms with E-state index in [0.717, 1.165) is 51.6 Å². The molecule has 0 unspecified atom stereocenters. The number of aromatic amines is 2. The van der Waals surface area contributed by atoms with Gasteiger partial charge in [0.1, 0.15) is 11.5 Å². The molecule has 9 heteroatoms. The lowest BCUT2D eigenvalue weighted by molar-refractivity contribution is -0.117. The van der Waals surface area contributed by atoms with Crippen molar-refractivity contribution in [3.8, 4) is 33.8 Å². The standard InChI is InChI=1S/C29H22FN7O/c1-15-8-18(10-20(30)9-15)22-6-7-32-27-25(22)34-28(35-27)26-23-12-17(4-5-24(23)36-37-26)19-11-21(14-31-13-19)33-29(38)16-2-3-16/h4-14,16H,2-3H2,1H3,(H,33,38)(H,36,37)(H,32,34,35). The van der Waals surface area contributed by atoms with Gasteiger partial charge in [-0.2, -0.15) is 5.10 Å². The first kappa shape index (κ1) is 22.3. The van der Waals surface area contributed by atoms with E-state index in [1.54, 1.807) is 18.6 Å². The molecule has 4 aromatic heterocycles. The molecule has 0 aliphatic heterocycles. The van der Waals surface area contributed by atoms with Crippen molar-refractivity contribution in [3.05, 3.63) is 78.5 Å². The number of pyridine rings is 2. The Bertz CT molecular complexity index is 1850. The fourth-order valence-corrected chi connectivity index (χ4v) is 4.79. The SMILES string of the molecule is Cc1cc(F)cc(-c2ccnc3nc(-c4n[nH]c5ccc(-c6cncc(NC(=O)C7CC7)c6)cc45)[nH]c23)c1. The summed E-state index contributed by atoms with van der Waals surface area (Å²) in [7, 11) is 0. The van der Waals surface area contributed by atoms with Crippen LogP contribution in [-0.4, -0.2) is 36.0 Å². The molecule has 0 radical (unpaired) electrons. The zero-order chi connectivity index (χ0) is 25.8. The Hall–Kier alpha value is -4.92. The maximum atomic E-state index is 14.1.